The first-order chi connectivity index (χ1) is 7.38. The molecular weight excluding hydrogens is 190 g/mol. The maximum Gasteiger partial charge on any atom is 0.0947 e. The van der Waals surface area contributed by atoms with Crippen LogP contribution in [-0.4, -0.2) is 9.78 Å². The Hall–Kier alpha value is -1.81. The summed E-state index contributed by atoms with van der Waals surface area (Å²) < 4.78 is 6.66. The fourth-order valence-electron chi connectivity index (χ4n) is 1.31. The lowest BCUT2D eigenvalue weighted by Gasteiger charge is -1.99. The molecule has 2 aromatic heterocycles. The Labute approximate surface area is 88.2 Å². The summed E-state index contributed by atoms with van der Waals surface area (Å²) in [5.41, 5.74) is 2.28. The molecule has 0 aliphatic heterocycles. The van der Waals surface area contributed by atoms with E-state index in [1.807, 2.05) is 18.5 Å². The van der Waals surface area contributed by atoms with E-state index in [0.717, 1.165) is 24.2 Å². The molecule has 2 rings (SSSR count). The van der Waals surface area contributed by atoms with Crippen LogP contribution in [0.2, 0.25) is 0 Å². The van der Waals surface area contributed by atoms with Gasteiger partial charge in [-0.1, -0.05) is 6.58 Å². The molecule has 4 heteroatoms. The van der Waals surface area contributed by atoms with Crippen LogP contribution < -0.4 is 5.32 Å². The second-order valence-electron chi connectivity index (χ2n) is 3.25. The first-order valence-corrected chi connectivity index (χ1v) is 4.76. The van der Waals surface area contributed by atoms with Gasteiger partial charge in [-0.25, -0.2) is 4.68 Å². The predicted octanol–water partition coefficient (Wildman–Crippen LogP) is 1.87. The van der Waals surface area contributed by atoms with Gasteiger partial charge in [0.2, 0.25) is 0 Å². The average molecular weight is 203 g/mol. The summed E-state index contributed by atoms with van der Waals surface area (Å²) in [5, 5.41) is 7.38. The van der Waals surface area contributed by atoms with E-state index in [0.29, 0.717) is 0 Å². The number of nitrogens with zero attached hydrogens (tertiary/aromatic N) is 2. The molecule has 0 spiro atoms. The Kier molecular flexibility index (Phi) is 2.99. The molecule has 15 heavy (non-hydrogen) atoms. The van der Waals surface area contributed by atoms with Crippen molar-refractivity contribution < 1.29 is 4.42 Å². The second kappa shape index (κ2) is 4.61. The van der Waals surface area contributed by atoms with Crippen molar-refractivity contribution >= 4 is 6.20 Å². The van der Waals surface area contributed by atoms with E-state index < -0.39 is 0 Å². The van der Waals surface area contributed by atoms with Crippen molar-refractivity contribution in [2.45, 2.75) is 13.1 Å². The predicted molar refractivity (Wildman–Crippen MR) is 57.9 cm³/mol. The number of furan rings is 1. The zero-order valence-corrected chi connectivity index (χ0v) is 8.39. The standard InChI is InChI=1S/C11H13N3O/c1-2-14-8-11(7-13-14)6-12-5-10-3-4-15-9-10/h2-4,7-9,12H,1,5-6H2. The van der Waals surface area contributed by atoms with E-state index in [4.69, 9.17) is 4.42 Å². The Morgan fingerprint density at radius 1 is 1.47 bits per heavy atom. The largest absolute Gasteiger partial charge is 0.472 e. The molecule has 2 heterocycles. The molecule has 0 fully saturated rings. The van der Waals surface area contributed by atoms with Crippen LogP contribution in [0.15, 0.2) is 42.0 Å². The lowest BCUT2D eigenvalue weighted by Crippen LogP contribution is -2.11. The SMILES string of the molecule is C=Cn1cc(CNCc2ccoc2)cn1. The highest BCUT2D eigenvalue weighted by molar-refractivity contribution is 5.17. The number of hydrogen-bond donors (Lipinski definition) is 1. The van der Waals surface area contributed by atoms with Crippen LogP contribution in [-0.2, 0) is 13.1 Å². The molecule has 4 nitrogen and oxygen atoms in total. The van der Waals surface area contributed by atoms with E-state index in [-0.39, 0.29) is 0 Å². The van der Waals surface area contributed by atoms with Crippen LogP contribution in [0.5, 0.6) is 0 Å². The van der Waals surface area contributed by atoms with Gasteiger partial charge < -0.3 is 9.73 Å². The third-order valence-corrected chi connectivity index (χ3v) is 2.08. The van der Waals surface area contributed by atoms with Gasteiger partial charge in [-0.3, -0.25) is 0 Å². The molecule has 0 aliphatic carbocycles. The Morgan fingerprint density at radius 2 is 2.33 bits per heavy atom. The molecule has 0 amide bonds. The minimum Gasteiger partial charge on any atom is -0.472 e. The first-order valence-electron chi connectivity index (χ1n) is 4.76. The quantitative estimate of drug-likeness (QED) is 0.806. The maximum absolute atomic E-state index is 4.97. The van der Waals surface area contributed by atoms with E-state index in [1.165, 1.54) is 0 Å². The minimum absolute atomic E-state index is 0.791. The number of aromatic nitrogens is 2. The molecular formula is C11H13N3O. The van der Waals surface area contributed by atoms with Gasteiger partial charge >= 0.3 is 0 Å². The molecule has 0 bridgehead atoms. The molecule has 78 valence electrons. The fourth-order valence-corrected chi connectivity index (χ4v) is 1.31. The molecule has 0 aromatic carbocycles. The summed E-state index contributed by atoms with van der Waals surface area (Å²) in [4.78, 5) is 0. The molecule has 0 aliphatic rings. The van der Waals surface area contributed by atoms with Gasteiger partial charge in [0.1, 0.15) is 0 Å². The van der Waals surface area contributed by atoms with Crippen LogP contribution in [0.25, 0.3) is 6.20 Å². The number of hydrogen-bond acceptors (Lipinski definition) is 3. The minimum atomic E-state index is 0.791. The van der Waals surface area contributed by atoms with Crippen molar-refractivity contribution in [3.63, 3.8) is 0 Å². The normalized spacial score (nSPS) is 10.4. The van der Waals surface area contributed by atoms with Gasteiger partial charge in [0.25, 0.3) is 0 Å². The monoisotopic (exact) mass is 203 g/mol. The summed E-state index contributed by atoms with van der Waals surface area (Å²) in [6.07, 6.45) is 8.84. The van der Waals surface area contributed by atoms with Gasteiger partial charge in [-0.2, -0.15) is 5.10 Å². The van der Waals surface area contributed by atoms with Gasteiger partial charge in [-0.05, 0) is 6.07 Å². The molecule has 0 radical (unpaired) electrons. The van der Waals surface area contributed by atoms with E-state index in [9.17, 15) is 0 Å². The molecule has 0 atom stereocenters. The highest BCUT2D eigenvalue weighted by atomic mass is 16.3. The summed E-state index contributed by atoms with van der Waals surface area (Å²) in [6.45, 7) is 5.22. The molecule has 2 aromatic rings. The second-order valence-corrected chi connectivity index (χ2v) is 3.25. The van der Waals surface area contributed by atoms with Crippen molar-refractivity contribution in [1.29, 1.82) is 0 Å². The summed E-state index contributed by atoms with van der Waals surface area (Å²) in [6, 6.07) is 1.94. The van der Waals surface area contributed by atoms with Crippen LogP contribution in [0.1, 0.15) is 11.1 Å². The first kappa shape index (κ1) is 9.73. The van der Waals surface area contributed by atoms with Crippen molar-refractivity contribution in [2.75, 3.05) is 0 Å². The van der Waals surface area contributed by atoms with Crippen LogP contribution in [0.3, 0.4) is 0 Å². The smallest absolute Gasteiger partial charge is 0.0947 e. The molecule has 0 saturated heterocycles. The Bertz CT molecular complexity index is 417. The third kappa shape index (κ3) is 2.57. The van der Waals surface area contributed by atoms with Crippen molar-refractivity contribution in [1.82, 2.24) is 15.1 Å². The number of rotatable bonds is 5. The van der Waals surface area contributed by atoms with Crippen molar-refractivity contribution in [2.24, 2.45) is 0 Å². The zero-order chi connectivity index (χ0) is 10.5. The lowest BCUT2D eigenvalue weighted by atomic mass is 10.3. The molecule has 0 saturated carbocycles. The fraction of sp³-hybridized carbons (Fsp3) is 0.182. The van der Waals surface area contributed by atoms with E-state index in [1.54, 1.807) is 23.4 Å². The maximum atomic E-state index is 4.97. The highest BCUT2D eigenvalue weighted by Crippen LogP contribution is 2.01. The van der Waals surface area contributed by atoms with Crippen molar-refractivity contribution in [3.8, 4) is 0 Å². The summed E-state index contributed by atoms with van der Waals surface area (Å²) >= 11 is 0. The number of nitrogens with one attached hydrogen (secondary N) is 1. The Balaban J connectivity index is 1.80. The zero-order valence-electron chi connectivity index (χ0n) is 8.39. The van der Waals surface area contributed by atoms with Crippen LogP contribution >= 0.6 is 0 Å². The van der Waals surface area contributed by atoms with Gasteiger partial charge in [-0.15, -0.1) is 0 Å². The molecule has 0 unspecified atom stereocenters. The molecule has 1 N–H and O–H groups in total. The third-order valence-electron chi connectivity index (χ3n) is 2.08. The van der Waals surface area contributed by atoms with Gasteiger partial charge in [0.15, 0.2) is 0 Å². The topological polar surface area (TPSA) is 43.0 Å². The van der Waals surface area contributed by atoms with E-state index in [2.05, 4.69) is 17.0 Å². The lowest BCUT2D eigenvalue weighted by molar-refractivity contribution is 0.560. The van der Waals surface area contributed by atoms with E-state index >= 15 is 0 Å². The summed E-state index contributed by atoms with van der Waals surface area (Å²) in [7, 11) is 0. The van der Waals surface area contributed by atoms with Crippen molar-refractivity contribution in [3.05, 3.63) is 48.7 Å². The van der Waals surface area contributed by atoms with Gasteiger partial charge in [0.05, 0.1) is 18.7 Å². The average Bonchev–Trinajstić information content (AvgIpc) is 2.88. The van der Waals surface area contributed by atoms with Crippen LogP contribution in [0.4, 0.5) is 0 Å². The van der Waals surface area contributed by atoms with Crippen LogP contribution in [0, 0.1) is 0 Å². The summed E-state index contributed by atoms with van der Waals surface area (Å²) in [5.74, 6) is 0. The Morgan fingerprint density at radius 3 is 3.00 bits per heavy atom. The highest BCUT2D eigenvalue weighted by Gasteiger charge is 1.97. The van der Waals surface area contributed by atoms with Gasteiger partial charge in [0, 0.05) is 36.6 Å².